The van der Waals surface area contributed by atoms with Crippen LogP contribution in [0.2, 0.25) is 0 Å². The second kappa shape index (κ2) is 11.0. The molecule has 38 heavy (non-hydrogen) atoms. The highest BCUT2D eigenvalue weighted by atomic mass is 16.5. The minimum atomic E-state index is -0.0554. The fraction of sp³-hybridized carbons (Fsp3) is 0.0938. The average Bonchev–Trinajstić information content (AvgIpc) is 2.96. The number of ether oxygens (including phenoxy) is 1. The van der Waals surface area contributed by atoms with Gasteiger partial charge in [0, 0.05) is 48.2 Å². The monoisotopic (exact) mass is 500 g/mol. The Hall–Kier alpha value is -4.97. The number of nitrogens with zero attached hydrogens (tertiary/aromatic N) is 3. The summed E-state index contributed by atoms with van der Waals surface area (Å²) in [6, 6.07) is 29.3. The lowest BCUT2D eigenvalue weighted by Gasteiger charge is -2.13. The van der Waals surface area contributed by atoms with Crippen LogP contribution in [0.3, 0.4) is 0 Å². The van der Waals surface area contributed by atoms with Crippen molar-refractivity contribution in [2.24, 2.45) is 0 Å². The van der Waals surface area contributed by atoms with Gasteiger partial charge < -0.3 is 15.0 Å². The van der Waals surface area contributed by atoms with E-state index in [0.29, 0.717) is 17.0 Å². The van der Waals surface area contributed by atoms with E-state index in [1.807, 2.05) is 110 Å². The molecule has 0 radical (unpaired) electrons. The molecule has 0 aliphatic rings. The van der Waals surface area contributed by atoms with Crippen LogP contribution in [0.1, 0.15) is 15.9 Å². The van der Waals surface area contributed by atoms with Crippen LogP contribution < -0.4 is 15.0 Å². The van der Waals surface area contributed by atoms with E-state index in [1.54, 1.807) is 19.4 Å². The van der Waals surface area contributed by atoms with E-state index in [2.05, 4.69) is 16.4 Å². The number of hydrogen-bond donors (Lipinski definition) is 1. The second-order valence-electron chi connectivity index (χ2n) is 9.05. The van der Waals surface area contributed by atoms with E-state index in [4.69, 9.17) is 9.72 Å². The first-order valence-electron chi connectivity index (χ1n) is 12.3. The van der Waals surface area contributed by atoms with Gasteiger partial charge in [0.25, 0.3) is 0 Å². The van der Waals surface area contributed by atoms with Crippen molar-refractivity contribution in [3.8, 4) is 16.9 Å². The summed E-state index contributed by atoms with van der Waals surface area (Å²) < 4.78 is 5.31. The van der Waals surface area contributed by atoms with Crippen LogP contribution in [0.4, 0.5) is 17.2 Å². The molecule has 0 bridgehead atoms. The van der Waals surface area contributed by atoms with Gasteiger partial charge in [-0.2, -0.15) is 0 Å². The number of allylic oxidation sites excluding steroid dienone is 1. The molecule has 0 aliphatic carbocycles. The van der Waals surface area contributed by atoms with Gasteiger partial charge in [0.1, 0.15) is 11.6 Å². The molecule has 2 aromatic heterocycles. The predicted octanol–water partition coefficient (Wildman–Crippen LogP) is 7.01. The highest BCUT2D eigenvalue weighted by Gasteiger charge is 2.11. The van der Waals surface area contributed by atoms with Crippen molar-refractivity contribution >= 4 is 40.1 Å². The first-order chi connectivity index (χ1) is 18.5. The molecule has 0 atom stereocenters. The summed E-state index contributed by atoms with van der Waals surface area (Å²) in [5.41, 5.74) is 6.12. The number of aromatic nitrogens is 2. The predicted molar refractivity (Wildman–Crippen MR) is 155 cm³/mol. The number of benzene rings is 3. The molecule has 0 saturated heterocycles. The summed E-state index contributed by atoms with van der Waals surface area (Å²) in [6.07, 6.45) is 5.17. The fourth-order valence-corrected chi connectivity index (χ4v) is 4.10. The average molecular weight is 501 g/mol. The van der Waals surface area contributed by atoms with Crippen LogP contribution in [0.5, 0.6) is 5.75 Å². The first kappa shape index (κ1) is 24.7. The topological polar surface area (TPSA) is 67.4 Å². The minimum Gasteiger partial charge on any atom is -0.497 e. The molecule has 2 heterocycles. The lowest BCUT2D eigenvalue weighted by Crippen LogP contribution is -2.07. The van der Waals surface area contributed by atoms with Gasteiger partial charge in [-0.25, -0.2) is 9.97 Å². The van der Waals surface area contributed by atoms with E-state index in [9.17, 15) is 4.79 Å². The zero-order valence-corrected chi connectivity index (χ0v) is 21.6. The van der Waals surface area contributed by atoms with Gasteiger partial charge in [-0.15, -0.1) is 0 Å². The Morgan fingerprint density at radius 1 is 0.921 bits per heavy atom. The number of pyridine rings is 2. The maximum absolute atomic E-state index is 12.8. The Morgan fingerprint density at radius 2 is 1.66 bits per heavy atom. The Labute approximate surface area is 222 Å². The quantitative estimate of drug-likeness (QED) is 0.183. The lowest BCUT2D eigenvalue weighted by molar-refractivity contribution is 0.104. The highest BCUT2D eigenvalue weighted by molar-refractivity contribution is 6.07. The Bertz CT molecular complexity index is 1590. The molecule has 5 rings (SSSR count). The molecule has 0 fully saturated rings. The van der Waals surface area contributed by atoms with E-state index >= 15 is 0 Å². The molecule has 6 heteroatoms. The maximum atomic E-state index is 12.8. The molecule has 0 saturated carbocycles. The summed E-state index contributed by atoms with van der Waals surface area (Å²) in [5.74, 6) is 1.42. The number of hydrogen-bond acceptors (Lipinski definition) is 6. The maximum Gasteiger partial charge on any atom is 0.185 e. The van der Waals surface area contributed by atoms with Crippen molar-refractivity contribution in [2.75, 3.05) is 31.4 Å². The van der Waals surface area contributed by atoms with E-state index in [1.165, 1.54) is 0 Å². The van der Waals surface area contributed by atoms with Crippen LogP contribution >= 0.6 is 0 Å². The van der Waals surface area contributed by atoms with Gasteiger partial charge in [-0.05, 0) is 83.9 Å². The van der Waals surface area contributed by atoms with Crippen molar-refractivity contribution in [1.82, 2.24) is 9.97 Å². The third kappa shape index (κ3) is 5.55. The van der Waals surface area contributed by atoms with E-state index < -0.39 is 0 Å². The van der Waals surface area contributed by atoms with Gasteiger partial charge in [0.15, 0.2) is 11.4 Å². The number of ketones is 1. The van der Waals surface area contributed by atoms with Crippen molar-refractivity contribution in [1.29, 1.82) is 0 Å². The fourth-order valence-electron chi connectivity index (χ4n) is 4.10. The smallest absolute Gasteiger partial charge is 0.185 e. The number of methoxy groups -OCH3 is 1. The van der Waals surface area contributed by atoms with E-state index in [-0.39, 0.29) is 5.78 Å². The molecule has 0 spiro atoms. The Kier molecular flexibility index (Phi) is 7.13. The van der Waals surface area contributed by atoms with E-state index in [0.717, 1.165) is 39.2 Å². The van der Waals surface area contributed by atoms with Crippen LogP contribution in [-0.4, -0.2) is 37.0 Å². The molecular weight excluding hydrogens is 472 g/mol. The van der Waals surface area contributed by atoms with Crippen molar-refractivity contribution in [3.63, 3.8) is 0 Å². The van der Waals surface area contributed by atoms with Crippen LogP contribution in [0.15, 0.2) is 103 Å². The Balaban J connectivity index is 1.37. The Morgan fingerprint density at radius 3 is 2.34 bits per heavy atom. The number of carbonyl (C=O) groups excluding carboxylic acids is 1. The molecule has 3 aromatic carbocycles. The number of rotatable bonds is 8. The minimum absolute atomic E-state index is 0.0554. The highest BCUT2D eigenvalue weighted by Crippen LogP contribution is 2.32. The summed E-state index contributed by atoms with van der Waals surface area (Å²) in [7, 11) is 5.65. The summed E-state index contributed by atoms with van der Waals surface area (Å²) in [5, 5.41) is 4.37. The number of nitrogens with one attached hydrogen (secondary N) is 1. The molecular formula is C32H28N4O2. The third-order valence-corrected chi connectivity index (χ3v) is 6.26. The summed E-state index contributed by atoms with van der Waals surface area (Å²) >= 11 is 0. The van der Waals surface area contributed by atoms with Crippen molar-refractivity contribution < 1.29 is 9.53 Å². The molecule has 6 nitrogen and oxygen atoms in total. The molecule has 5 aromatic rings. The van der Waals surface area contributed by atoms with Crippen molar-refractivity contribution in [2.45, 2.75) is 0 Å². The van der Waals surface area contributed by atoms with Crippen LogP contribution in [-0.2, 0) is 0 Å². The summed E-state index contributed by atoms with van der Waals surface area (Å²) in [6.45, 7) is 0. The van der Waals surface area contributed by atoms with Gasteiger partial charge in [-0.1, -0.05) is 30.3 Å². The van der Waals surface area contributed by atoms with Crippen LogP contribution in [0.25, 0.3) is 28.2 Å². The normalized spacial score (nSPS) is 11.0. The number of fused-ring (bicyclic) bond motifs is 1. The number of anilines is 3. The number of carbonyl (C=O) groups is 1. The second-order valence-corrected chi connectivity index (χ2v) is 9.05. The van der Waals surface area contributed by atoms with Gasteiger partial charge >= 0.3 is 0 Å². The molecule has 188 valence electrons. The standard InChI is InChI=1S/C32H28N4O2/c1-36(2)27-15-6-22(7-16-27)8-19-30(37)24-9-13-26(14-10-24)34-32-29(23-11-17-28(38-3)18-12-23)21-25-5-4-20-33-31(25)35-32/h4-21H,1-3H3,(H,33,34,35)/b19-8+. The van der Waals surface area contributed by atoms with Gasteiger partial charge in [0.05, 0.1) is 7.11 Å². The molecule has 0 unspecified atom stereocenters. The lowest BCUT2D eigenvalue weighted by atomic mass is 10.0. The van der Waals surface area contributed by atoms with Crippen LogP contribution in [0, 0.1) is 0 Å². The van der Waals surface area contributed by atoms with Gasteiger partial charge in [-0.3, -0.25) is 4.79 Å². The first-order valence-corrected chi connectivity index (χ1v) is 12.3. The molecule has 1 N–H and O–H groups in total. The molecule has 0 aliphatic heterocycles. The third-order valence-electron chi connectivity index (χ3n) is 6.26. The van der Waals surface area contributed by atoms with Crippen molar-refractivity contribution in [3.05, 3.63) is 114 Å². The zero-order valence-electron chi connectivity index (χ0n) is 21.6. The largest absolute Gasteiger partial charge is 0.497 e. The van der Waals surface area contributed by atoms with Gasteiger partial charge in [0.2, 0.25) is 0 Å². The zero-order chi connectivity index (χ0) is 26.5. The summed E-state index contributed by atoms with van der Waals surface area (Å²) in [4.78, 5) is 24.0. The molecule has 0 amide bonds. The SMILES string of the molecule is COc1ccc(-c2cc3cccnc3nc2Nc2ccc(C(=O)/C=C/c3ccc(N(C)C)cc3)cc2)cc1.